The van der Waals surface area contributed by atoms with E-state index in [-0.39, 0.29) is 59.8 Å². The molecule has 0 bridgehead atoms. The van der Waals surface area contributed by atoms with E-state index in [0.717, 1.165) is 37.0 Å². The molecular weight excluding hydrogens is 823 g/mol. The Kier molecular flexibility index (Phi) is 19.5. The second kappa shape index (κ2) is 24.2. The van der Waals surface area contributed by atoms with Crippen molar-refractivity contribution in [3.05, 3.63) is 90.9 Å². The number of halogens is 2. The summed E-state index contributed by atoms with van der Waals surface area (Å²) in [5.74, 6) is 1.41. The number of hydrogen-bond donors (Lipinski definition) is 1. The number of rotatable bonds is 20. The van der Waals surface area contributed by atoms with Gasteiger partial charge < -0.3 is 43.0 Å². The molecule has 0 radical (unpaired) electrons. The zero-order valence-electron chi connectivity index (χ0n) is 35.1. The van der Waals surface area contributed by atoms with E-state index in [0.29, 0.717) is 51.4 Å². The van der Waals surface area contributed by atoms with Crippen LogP contribution in [-0.4, -0.2) is 100 Å². The number of aliphatic hydroxyl groups is 1. The van der Waals surface area contributed by atoms with Gasteiger partial charge in [-0.2, -0.15) is 10.2 Å². The summed E-state index contributed by atoms with van der Waals surface area (Å²) < 4.78 is 46.6. The fourth-order valence-electron chi connectivity index (χ4n) is 5.24. The molecule has 0 aromatic carbocycles. The van der Waals surface area contributed by atoms with Crippen molar-refractivity contribution in [1.29, 1.82) is 0 Å². The average molecular weight is 880 g/mol. The Balaban J connectivity index is 0.000000270. The van der Waals surface area contributed by atoms with Crippen LogP contribution in [0.15, 0.2) is 58.6 Å². The van der Waals surface area contributed by atoms with E-state index in [1.165, 1.54) is 21.8 Å². The number of aliphatic hydroxyl groups excluding tert-OH is 1. The van der Waals surface area contributed by atoms with Gasteiger partial charge in [0.2, 0.25) is 11.8 Å². The highest BCUT2D eigenvalue weighted by Crippen LogP contribution is 2.23. The van der Waals surface area contributed by atoms with Gasteiger partial charge in [-0.25, -0.2) is 19.3 Å². The number of hydrogen-bond acceptors (Lipinski definition) is 15. The first-order valence-electron chi connectivity index (χ1n) is 19.6. The molecule has 1 aliphatic heterocycles. The lowest BCUT2D eigenvalue weighted by atomic mass is 10.1. The molecule has 0 amide bonds. The Bertz CT molecular complexity index is 2000. The predicted octanol–water partition coefficient (Wildman–Crippen LogP) is 5.58. The molecule has 0 spiro atoms. The number of pyridine rings is 2. The van der Waals surface area contributed by atoms with Gasteiger partial charge in [-0.15, -0.1) is 0 Å². The van der Waals surface area contributed by atoms with Crippen LogP contribution in [0.4, 0.5) is 0 Å². The minimum atomic E-state index is -0.471. The van der Waals surface area contributed by atoms with Crippen molar-refractivity contribution in [3.8, 4) is 23.3 Å². The number of ether oxygens (including phenoxy) is 8. The summed E-state index contributed by atoms with van der Waals surface area (Å²) in [6.07, 6.45) is 9.25. The molecule has 60 heavy (non-hydrogen) atoms. The Morgan fingerprint density at radius 1 is 0.667 bits per heavy atom. The summed E-state index contributed by atoms with van der Waals surface area (Å²) in [6.45, 7) is 15.2. The third-order valence-corrected chi connectivity index (χ3v) is 8.98. The van der Waals surface area contributed by atoms with E-state index in [1.54, 1.807) is 30.6 Å². The van der Waals surface area contributed by atoms with Gasteiger partial charge in [0.15, 0.2) is 27.8 Å². The molecule has 330 valence electrons. The number of nitrogens with zero attached hydrogens (tertiary/aromatic N) is 6. The minimum Gasteiger partial charge on any atom is -0.485 e. The summed E-state index contributed by atoms with van der Waals surface area (Å²) in [6, 6.07) is 7.09. The van der Waals surface area contributed by atoms with Gasteiger partial charge in [0.25, 0.3) is 11.1 Å². The average Bonchev–Trinajstić information content (AvgIpc) is 3.22. The van der Waals surface area contributed by atoms with Gasteiger partial charge in [0, 0.05) is 42.3 Å². The van der Waals surface area contributed by atoms with E-state index in [4.69, 9.17) is 66.2 Å². The molecule has 1 unspecified atom stereocenters. The van der Waals surface area contributed by atoms with Gasteiger partial charge in [-0.05, 0) is 72.9 Å². The van der Waals surface area contributed by atoms with E-state index in [9.17, 15) is 9.59 Å². The fraction of sp³-hybridized carbons (Fsp3) is 0.561. The molecule has 4 aromatic heterocycles. The van der Waals surface area contributed by atoms with Crippen LogP contribution in [0.2, 0.25) is 10.0 Å². The molecule has 1 atom stereocenters. The van der Waals surface area contributed by atoms with Crippen LogP contribution in [0.25, 0.3) is 0 Å². The van der Waals surface area contributed by atoms with Crippen molar-refractivity contribution >= 4 is 23.2 Å². The summed E-state index contributed by atoms with van der Waals surface area (Å²) >= 11 is 12.3. The first-order valence-corrected chi connectivity index (χ1v) is 20.4. The van der Waals surface area contributed by atoms with E-state index in [2.05, 4.69) is 20.2 Å². The highest BCUT2D eigenvalue weighted by Gasteiger charge is 2.21. The summed E-state index contributed by atoms with van der Waals surface area (Å²) in [7, 11) is 0. The largest absolute Gasteiger partial charge is 0.485 e. The Morgan fingerprint density at radius 2 is 1.15 bits per heavy atom. The lowest BCUT2D eigenvalue weighted by Gasteiger charge is -2.22. The van der Waals surface area contributed by atoms with E-state index < -0.39 is 16.6 Å². The Labute approximate surface area is 359 Å². The molecule has 1 aliphatic rings. The molecule has 5 heterocycles. The first-order chi connectivity index (χ1) is 28.7. The van der Waals surface area contributed by atoms with Gasteiger partial charge >= 0.3 is 0 Å². The lowest BCUT2D eigenvalue weighted by Crippen LogP contribution is -2.36. The molecule has 17 nitrogen and oxygen atoms in total. The first kappa shape index (κ1) is 48.3. The highest BCUT2D eigenvalue weighted by atomic mass is 35.5. The van der Waals surface area contributed by atoms with E-state index >= 15 is 0 Å². The normalized spacial score (nSPS) is 14.2. The molecule has 1 N–H and O–H groups in total. The third kappa shape index (κ3) is 15.9. The molecule has 1 saturated heterocycles. The SMILES string of the molecule is CC(C)(C)n1ncc(OCc2ccc(OCCOCCO)nc2)c(Cl)c1=O.CC(C)(C)n1ncc(OCc2ccc(OCCOCCOC3CCCCO3)nc2)c(Cl)c1=O. The van der Waals surface area contributed by atoms with Crippen LogP contribution < -0.4 is 30.1 Å². The minimum absolute atomic E-state index is 0.00397. The fourth-order valence-corrected chi connectivity index (χ4v) is 5.60. The van der Waals surface area contributed by atoms with Crippen molar-refractivity contribution in [2.45, 2.75) is 91.4 Å². The van der Waals surface area contributed by atoms with Gasteiger partial charge in [-0.3, -0.25) is 9.59 Å². The molecule has 0 saturated carbocycles. The van der Waals surface area contributed by atoms with Crippen LogP contribution in [0.3, 0.4) is 0 Å². The molecule has 5 rings (SSSR count). The second-order valence-corrected chi connectivity index (χ2v) is 16.1. The van der Waals surface area contributed by atoms with Gasteiger partial charge in [0.1, 0.15) is 26.4 Å². The Morgan fingerprint density at radius 3 is 1.57 bits per heavy atom. The van der Waals surface area contributed by atoms with Crippen LogP contribution in [-0.2, 0) is 43.2 Å². The smallest absolute Gasteiger partial charge is 0.289 e. The van der Waals surface area contributed by atoms with Crippen molar-refractivity contribution in [1.82, 2.24) is 29.5 Å². The van der Waals surface area contributed by atoms with Crippen molar-refractivity contribution in [3.63, 3.8) is 0 Å². The van der Waals surface area contributed by atoms with Crippen molar-refractivity contribution in [2.75, 3.05) is 59.5 Å². The van der Waals surface area contributed by atoms with Crippen LogP contribution in [0, 0.1) is 0 Å². The third-order valence-electron chi connectivity index (χ3n) is 8.29. The molecule has 0 aliphatic carbocycles. The topological polar surface area (TPSA) is 190 Å². The maximum Gasteiger partial charge on any atom is 0.289 e. The van der Waals surface area contributed by atoms with Crippen LogP contribution in [0.5, 0.6) is 23.3 Å². The quantitative estimate of drug-likeness (QED) is 0.108. The second-order valence-electron chi connectivity index (χ2n) is 15.3. The van der Waals surface area contributed by atoms with Crippen molar-refractivity contribution < 1.29 is 43.0 Å². The zero-order chi connectivity index (χ0) is 43.5. The molecule has 19 heteroatoms. The molecular formula is C41H56Cl2N6O11. The number of aromatic nitrogens is 6. The van der Waals surface area contributed by atoms with Crippen LogP contribution in [0.1, 0.15) is 71.9 Å². The zero-order valence-corrected chi connectivity index (χ0v) is 36.6. The lowest BCUT2D eigenvalue weighted by molar-refractivity contribution is -0.169. The van der Waals surface area contributed by atoms with E-state index in [1.807, 2.05) is 47.6 Å². The predicted molar refractivity (Wildman–Crippen MR) is 223 cm³/mol. The Hall–Kier alpha value is -4.36. The maximum absolute atomic E-state index is 12.4. The standard InChI is InChI=1S/C23H32ClN3O6.C18H24ClN3O5/c1-23(2,3)27-22(28)21(24)18(15-26-27)33-16-17-7-8-19(25-14-17)30-12-10-29-11-13-32-20-6-4-5-9-31-20;1-18(2,3)22-17(24)16(19)14(11-21-22)27-12-13-4-5-15(20-10-13)26-9-8-25-7-6-23/h7-8,14-15,20H,4-6,9-13,16H2,1-3H3;4-5,10-11,23H,6-9,12H2,1-3H3. The maximum atomic E-state index is 12.4. The van der Waals surface area contributed by atoms with Gasteiger partial charge in [0.05, 0.1) is 63.1 Å². The monoisotopic (exact) mass is 878 g/mol. The summed E-state index contributed by atoms with van der Waals surface area (Å²) in [5.41, 5.74) is -0.137. The summed E-state index contributed by atoms with van der Waals surface area (Å²) in [4.78, 5) is 33.1. The summed E-state index contributed by atoms with van der Waals surface area (Å²) in [5, 5.41) is 16.9. The van der Waals surface area contributed by atoms with Gasteiger partial charge in [-0.1, -0.05) is 23.2 Å². The highest BCUT2D eigenvalue weighted by molar-refractivity contribution is 6.32. The molecule has 4 aromatic rings. The van der Waals surface area contributed by atoms with Crippen LogP contribution >= 0.6 is 23.2 Å². The van der Waals surface area contributed by atoms with Crippen molar-refractivity contribution in [2.24, 2.45) is 0 Å². The molecule has 1 fully saturated rings.